The van der Waals surface area contributed by atoms with Crippen molar-refractivity contribution in [3.05, 3.63) is 82.5 Å². The van der Waals surface area contributed by atoms with Crippen molar-refractivity contribution in [2.75, 3.05) is 13.7 Å². The van der Waals surface area contributed by atoms with Crippen LogP contribution in [0.3, 0.4) is 0 Å². The Balaban J connectivity index is 1.57. The molecule has 0 saturated carbocycles. The number of nitrogens with one attached hydrogen (secondary N) is 1. The quantitative estimate of drug-likeness (QED) is 0.102. The van der Waals surface area contributed by atoms with Crippen LogP contribution in [0.1, 0.15) is 25.0 Å². The van der Waals surface area contributed by atoms with E-state index >= 15 is 0 Å². The number of halogens is 2. The lowest BCUT2D eigenvalue weighted by atomic mass is 10.1. The van der Waals surface area contributed by atoms with Gasteiger partial charge < -0.3 is 21.5 Å². The summed E-state index contributed by atoms with van der Waals surface area (Å²) in [4.78, 5) is 29.1. The molecule has 0 radical (unpaired) electrons. The molecule has 208 valence electrons. The van der Waals surface area contributed by atoms with Crippen LogP contribution >= 0.6 is 23.2 Å². The van der Waals surface area contributed by atoms with E-state index in [2.05, 4.69) is 10.3 Å². The van der Waals surface area contributed by atoms with Crippen LogP contribution in [-0.2, 0) is 20.7 Å². The van der Waals surface area contributed by atoms with Crippen molar-refractivity contribution < 1.29 is 14.3 Å². The van der Waals surface area contributed by atoms with Crippen molar-refractivity contribution >= 4 is 51.8 Å². The maximum atomic E-state index is 12.9. The summed E-state index contributed by atoms with van der Waals surface area (Å²) < 4.78 is 6.68. The van der Waals surface area contributed by atoms with Crippen LogP contribution < -0.4 is 16.8 Å². The summed E-state index contributed by atoms with van der Waals surface area (Å²) >= 11 is 12.5. The fourth-order valence-electron chi connectivity index (χ4n) is 4.38. The fourth-order valence-corrected chi connectivity index (χ4v) is 4.90. The van der Waals surface area contributed by atoms with Gasteiger partial charge in [0, 0.05) is 34.3 Å². The lowest BCUT2D eigenvalue weighted by molar-refractivity contribution is -0.145. The van der Waals surface area contributed by atoms with E-state index in [9.17, 15) is 9.59 Å². The first kappa shape index (κ1) is 28.9. The van der Waals surface area contributed by atoms with E-state index in [4.69, 9.17) is 44.5 Å². The van der Waals surface area contributed by atoms with Gasteiger partial charge in [0.1, 0.15) is 6.04 Å². The molecule has 4 aromatic rings. The Kier molecular flexibility index (Phi) is 9.63. The highest BCUT2D eigenvalue weighted by Gasteiger charge is 2.22. The predicted molar refractivity (Wildman–Crippen MR) is 159 cm³/mol. The number of nitrogens with two attached hydrogens (primary N) is 2. The second-order valence-electron chi connectivity index (χ2n) is 9.21. The lowest BCUT2D eigenvalue weighted by Crippen LogP contribution is -2.41. The smallest absolute Gasteiger partial charge is 0.328 e. The van der Waals surface area contributed by atoms with Crippen LogP contribution in [0.15, 0.2) is 71.7 Å². The molecule has 0 aliphatic carbocycles. The Morgan fingerprint density at radius 3 is 2.45 bits per heavy atom. The number of hydrogen-bond donors (Lipinski definition) is 3. The molecule has 3 aromatic carbocycles. The highest BCUT2D eigenvalue weighted by atomic mass is 35.5. The molecular formula is C29H30Cl2N6O3. The van der Waals surface area contributed by atoms with E-state index in [-0.39, 0.29) is 18.3 Å². The van der Waals surface area contributed by atoms with Gasteiger partial charge in [-0.2, -0.15) is 5.10 Å². The predicted octanol–water partition coefficient (Wildman–Crippen LogP) is 4.64. The molecule has 1 aromatic heterocycles. The van der Waals surface area contributed by atoms with Crippen LogP contribution in [0.4, 0.5) is 0 Å². The van der Waals surface area contributed by atoms with Gasteiger partial charge in [-0.1, -0.05) is 53.5 Å². The van der Waals surface area contributed by atoms with E-state index < -0.39 is 12.0 Å². The maximum absolute atomic E-state index is 12.9. The number of amides is 1. The molecule has 0 unspecified atom stereocenters. The molecule has 0 aliphatic heterocycles. The van der Waals surface area contributed by atoms with Crippen LogP contribution in [0.5, 0.6) is 0 Å². The zero-order valence-corrected chi connectivity index (χ0v) is 23.5. The van der Waals surface area contributed by atoms with Crippen molar-refractivity contribution in [1.29, 1.82) is 0 Å². The molecule has 1 amide bonds. The van der Waals surface area contributed by atoms with Gasteiger partial charge in [-0.3, -0.25) is 9.79 Å². The van der Waals surface area contributed by atoms with Gasteiger partial charge in [-0.25, -0.2) is 9.48 Å². The van der Waals surface area contributed by atoms with Crippen molar-refractivity contribution in [1.82, 2.24) is 15.1 Å². The lowest BCUT2D eigenvalue weighted by Gasteiger charge is -2.16. The molecule has 0 bridgehead atoms. The Labute approximate surface area is 242 Å². The molecule has 40 heavy (non-hydrogen) atoms. The van der Waals surface area contributed by atoms with Gasteiger partial charge in [0.15, 0.2) is 5.96 Å². The Bertz CT molecular complexity index is 1530. The number of ether oxygens (including phenoxy) is 1. The van der Waals surface area contributed by atoms with E-state index in [0.29, 0.717) is 41.5 Å². The third-order valence-electron chi connectivity index (χ3n) is 6.29. The topological polar surface area (TPSA) is 138 Å². The largest absolute Gasteiger partial charge is 0.467 e. The summed E-state index contributed by atoms with van der Waals surface area (Å²) in [6, 6.07) is 20.5. The Morgan fingerprint density at radius 1 is 1.02 bits per heavy atom. The summed E-state index contributed by atoms with van der Waals surface area (Å²) in [6.07, 6.45) is 1.32. The summed E-state index contributed by atoms with van der Waals surface area (Å²) in [5, 5.41) is 10.8. The first-order valence-corrected chi connectivity index (χ1v) is 13.5. The third kappa shape index (κ3) is 7.52. The molecule has 0 spiro atoms. The van der Waals surface area contributed by atoms with Crippen molar-refractivity contribution in [2.45, 2.75) is 31.7 Å². The average Bonchev–Trinajstić information content (AvgIpc) is 3.36. The zero-order valence-electron chi connectivity index (χ0n) is 21.9. The van der Waals surface area contributed by atoms with Gasteiger partial charge >= 0.3 is 5.97 Å². The van der Waals surface area contributed by atoms with Crippen LogP contribution in [0, 0.1) is 0 Å². The number of carbonyl (C=O) groups excluding carboxylic acids is 2. The number of fused-ring (bicyclic) bond motifs is 1. The van der Waals surface area contributed by atoms with Gasteiger partial charge in [0.2, 0.25) is 5.91 Å². The third-order valence-corrected chi connectivity index (χ3v) is 6.73. The second kappa shape index (κ2) is 13.3. The molecule has 9 nitrogen and oxygen atoms in total. The molecule has 11 heteroatoms. The highest BCUT2D eigenvalue weighted by Crippen LogP contribution is 2.29. The van der Waals surface area contributed by atoms with Crippen LogP contribution in [0.2, 0.25) is 10.0 Å². The molecule has 5 N–H and O–H groups in total. The van der Waals surface area contributed by atoms with Crippen molar-refractivity contribution in [3.63, 3.8) is 0 Å². The number of methoxy groups -OCH3 is 1. The van der Waals surface area contributed by atoms with Crippen LogP contribution in [0.25, 0.3) is 27.7 Å². The fraction of sp³-hybridized carbons (Fsp3) is 0.241. The monoisotopic (exact) mass is 580 g/mol. The molecular weight excluding hydrogens is 551 g/mol. The van der Waals surface area contributed by atoms with Crippen molar-refractivity contribution in [3.8, 4) is 16.9 Å². The summed E-state index contributed by atoms with van der Waals surface area (Å²) in [5.74, 6) is -0.851. The number of aromatic nitrogens is 2. The van der Waals surface area contributed by atoms with E-state index in [1.54, 1.807) is 18.2 Å². The van der Waals surface area contributed by atoms with Crippen molar-refractivity contribution in [2.24, 2.45) is 16.5 Å². The number of aliphatic imine (C=N–C) groups is 1. The van der Waals surface area contributed by atoms with E-state index in [0.717, 1.165) is 27.7 Å². The Hall–Kier alpha value is -4.08. The zero-order chi connectivity index (χ0) is 28.6. The minimum Gasteiger partial charge on any atom is -0.467 e. The van der Waals surface area contributed by atoms with Gasteiger partial charge in [0.05, 0.1) is 18.5 Å². The number of nitrogens with zero attached hydrogens (tertiary/aromatic N) is 3. The van der Waals surface area contributed by atoms with Gasteiger partial charge in [0.25, 0.3) is 0 Å². The standard InChI is InChI=1S/C29H30Cl2N6O3/c1-40-28(39)25(7-4-12-34-29(32)33)35-27(38)11-10-24-17-26(20-13-21(30)16-22(31)14-20)36-37(24)23-9-8-18-5-2-3-6-19(18)15-23/h2-3,5-6,8-9,13-17,25H,4,7,10-12H2,1H3,(H,35,38)(H4,32,33,34)/t25-/m0/s1. The number of hydrogen-bond acceptors (Lipinski definition) is 5. The number of carbonyl (C=O) groups is 2. The minimum absolute atomic E-state index is 0.0268. The molecule has 1 atom stereocenters. The summed E-state index contributed by atoms with van der Waals surface area (Å²) in [7, 11) is 1.28. The van der Waals surface area contributed by atoms with Gasteiger partial charge in [-0.15, -0.1) is 0 Å². The SMILES string of the molecule is COC(=O)[C@H](CCCN=C(N)N)NC(=O)CCc1cc(-c2cc(Cl)cc(Cl)c2)nn1-c1ccc2ccccc2c1. The number of esters is 1. The molecule has 0 saturated heterocycles. The number of benzene rings is 3. The van der Waals surface area contributed by atoms with E-state index in [1.165, 1.54) is 7.11 Å². The first-order chi connectivity index (χ1) is 19.2. The normalized spacial score (nSPS) is 11.7. The number of aryl methyl sites for hydroxylation is 1. The van der Waals surface area contributed by atoms with Gasteiger partial charge in [-0.05, 0) is 66.4 Å². The molecule has 0 fully saturated rings. The highest BCUT2D eigenvalue weighted by molar-refractivity contribution is 6.35. The number of guanidine groups is 1. The molecule has 1 heterocycles. The van der Waals surface area contributed by atoms with Crippen LogP contribution in [-0.4, -0.2) is 47.3 Å². The summed E-state index contributed by atoms with van der Waals surface area (Å²) in [6.45, 7) is 0.340. The molecule has 4 rings (SSSR count). The maximum Gasteiger partial charge on any atom is 0.328 e. The second-order valence-corrected chi connectivity index (χ2v) is 10.1. The molecule has 0 aliphatic rings. The first-order valence-electron chi connectivity index (χ1n) is 12.7. The summed E-state index contributed by atoms with van der Waals surface area (Å²) in [5.41, 5.74) is 13.8. The average molecular weight is 582 g/mol. The Morgan fingerprint density at radius 2 is 1.75 bits per heavy atom. The number of rotatable bonds is 11. The van der Waals surface area contributed by atoms with E-state index in [1.807, 2.05) is 53.2 Å². The minimum atomic E-state index is -0.804.